The lowest BCUT2D eigenvalue weighted by molar-refractivity contribution is 0.141. The van der Waals surface area contributed by atoms with E-state index >= 15 is 0 Å². The summed E-state index contributed by atoms with van der Waals surface area (Å²) in [6.07, 6.45) is -1.44. The van der Waals surface area contributed by atoms with E-state index < -0.39 is 33.9 Å². The van der Waals surface area contributed by atoms with Crippen molar-refractivity contribution < 1.29 is 27.6 Å². The van der Waals surface area contributed by atoms with Crippen molar-refractivity contribution in [1.29, 1.82) is 0 Å². The summed E-state index contributed by atoms with van der Waals surface area (Å²) in [6, 6.07) is 17.4. The highest BCUT2D eigenvalue weighted by atomic mass is 31.2. The Morgan fingerprint density at radius 3 is 1.75 bits per heavy atom. The molecule has 2 aromatic rings. The van der Waals surface area contributed by atoms with Crippen LogP contribution in [-0.2, 0) is 13.7 Å². The minimum Gasteiger partial charge on any atom is -0.453 e. The molecule has 1 N–H and O–H groups in total. The first-order valence-corrected chi connectivity index (χ1v) is 15.0. The molecule has 2 aromatic carbocycles. The van der Waals surface area contributed by atoms with Crippen molar-refractivity contribution in [3.05, 3.63) is 60.7 Å². The van der Waals surface area contributed by atoms with Crippen LogP contribution in [0, 0.1) is 0 Å². The minimum absolute atomic E-state index is 0.0956. The molecule has 0 fully saturated rings. The van der Waals surface area contributed by atoms with Crippen LogP contribution in [0.5, 0.6) is 11.5 Å². The first kappa shape index (κ1) is 26.0. The normalized spacial score (nSPS) is 14.2. The average Bonchev–Trinajstić information content (AvgIpc) is 2.71. The van der Waals surface area contributed by atoms with Gasteiger partial charge in [0.05, 0.1) is 13.2 Å². The fourth-order valence-electron chi connectivity index (χ4n) is 2.73. The standard InChI is InChI=1S/C23H34NO6PSi/c1-18(30-32(6,7)23(2,3)4)21(24-22(25)27-5)31(26,28-19-14-10-8-11-15-19)29-20-16-12-9-13-17-20/h8-18,21H,1-7H3,(H,24,25). The van der Waals surface area contributed by atoms with E-state index in [-0.39, 0.29) is 5.04 Å². The van der Waals surface area contributed by atoms with Crippen LogP contribution < -0.4 is 14.4 Å². The van der Waals surface area contributed by atoms with Gasteiger partial charge in [-0.3, -0.25) is 0 Å². The first-order chi connectivity index (χ1) is 14.9. The largest absolute Gasteiger partial charge is 0.455 e. The Morgan fingerprint density at radius 2 is 1.38 bits per heavy atom. The third-order valence-corrected chi connectivity index (χ3v) is 12.2. The summed E-state index contributed by atoms with van der Waals surface area (Å²) in [5.74, 6) is -0.421. The molecule has 0 bridgehead atoms. The molecule has 0 aliphatic heterocycles. The summed E-state index contributed by atoms with van der Waals surface area (Å²) in [4.78, 5) is 12.2. The van der Waals surface area contributed by atoms with Gasteiger partial charge in [-0.15, -0.1) is 0 Å². The van der Waals surface area contributed by atoms with Gasteiger partial charge in [0, 0.05) is 0 Å². The molecule has 0 aliphatic carbocycles. The highest BCUT2D eigenvalue weighted by Gasteiger charge is 2.48. The second-order valence-electron chi connectivity index (χ2n) is 9.01. The molecule has 0 saturated heterocycles. The van der Waals surface area contributed by atoms with Crippen LogP contribution in [0.1, 0.15) is 27.7 Å². The van der Waals surface area contributed by atoms with Crippen LogP contribution >= 0.6 is 7.60 Å². The topological polar surface area (TPSA) is 83.1 Å². The highest BCUT2D eigenvalue weighted by Crippen LogP contribution is 2.54. The predicted molar refractivity (Wildman–Crippen MR) is 129 cm³/mol. The maximum atomic E-state index is 14.3. The van der Waals surface area contributed by atoms with Crippen molar-refractivity contribution >= 4 is 22.0 Å². The molecule has 0 saturated carbocycles. The summed E-state index contributed by atoms with van der Waals surface area (Å²) < 4.78 is 37.4. The molecule has 0 aromatic heterocycles. The Labute approximate surface area is 192 Å². The SMILES string of the molecule is COC(=O)NC(C(C)O[Si](C)(C)C(C)(C)C)P(=O)(Oc1ccccc1)Oc1ccccc1. The van der Waals surface area contributed by atoms with E-state index in [1.54, 1.807) is 55.5 Å². The number of alkyl carbamates (subject to hydrolysis) is 1. The Hall–Kier alpha value is -2.28. The summed E-state index contributed by atoms with van der Waals surface area (Å²) in [5, 5.41) is 2.55. The Morgan fingerprint density at radius 1 is 0.938 bits per heavy atom. The second-order valence-corrected chi connectivity index (χ2v) is 15.8. The quantitative estimate of drug-likeness (QED) is 0.330. The van der Waals surface area contributed by atoms with E-state index in [4.69, 9.17) is 18.2 Å². The molecule has 0 spiro atoms. The smallest absolute Gasteiger partial charge is 0.453 e. The average molecular weight is 480 g/mol. The lowest BCUT2D eigenvalue weighted by Crippen LogP contribution is -2.51. The molecule has 2 atom stereocenters. The number of carbonyl (C=O) groups is 1. The summed E-state index contributed by atoms with van der Waals surface area (Å²) >= 11 is 0. The van der Waals surface area contributed by atoms with Gasteiger partial charge in [0.2, 0.25) is 0 Å². The van der Waals surface area contributed by atoms with Gasteiger partial charge >= 0.3 is 13.7 Å². The number of benzene rings is 2. The van der Waals surface area contributed by atoms with Crippen molar-refractivity contribution in [1.82, 2.24) is 5.32 Å². The van der Waals surface area contributed by atoms with E-state index in [0.717, 1.165) is 0 Å². The van der Waals surface area contributed by atoms with Gasteiger partial charge in [-0.2, -0.15) is 0 Å². The van der Waals surface area contributed by atoms with Crippen LogP contribution in [0.25, 0.3) is 0 Å². The van der Waals surface area contributed by atoms with Gasteiger partial charge < -0.3 is 23.5 Å². The molecule has 0 aliphatic rings. The number of ether oxygens (including phenoxy) is 1. The predicted octanol–water partition coefficient (Wildman–Crippen LogP) is 6.43. The molecule has 0 radical (unpaired) electrons. The van der Waals surface area contributed by atoms with Gasteiger partial charge in [0.15, 0.2) is 14.1 Å². The zero-order valence-corrected chi connectivity index (χ0v) is 21.7. The zero-order valence-electron chi connectivity index (χ0n) is 19.8. The lowest BCUT2D eigenvalue weighted by Gasteiger charge is -2.41. The highest BCUT2D eigenvalue weighted by molar-refractivity contribution is 7.55. The summed E-state index contributed by atoms with van der Waals surface area (Å²) in [6.45, 7) is 12.2. The molecule has 0 heterocycles. The third kappa shape index (κ3) is 6.86. The number of rotatable bonds is 9. The number of hydrogen-bond donors (Lipinski definition) is 1. The number of carbonyl (C=O) groups excluding carboxylic acids is 1. The van der Waals surface area contributed by atoms with Gasteiger partial charge in [-0.05, 0) is 49.3 Å². The number of para-hydroxylation sites is 2. The maximum absolute atomic E-state index is 14.3. The van der Waals surface area contributed by atoms with E-state index in [9.17, 15) is 9.36 Å². The third-order valence-electron chi connectivity index (χ3n) is 5.47. The van der Waals surface area contributed by atoms with Gasteiger partial charge in [0.25, 0.3) is 0 Å². The number of nitrogens with one attached hydrogen (secondary N) is 1. The Kier molecular flexibility index (Phi) is 8.57. The van der Waals surface area contributed by atoms with Crippen LogP contribution in [-0.4, -0.2) is 33.4 Å². The molecule has 176 valence electrons. The van der Waals surface area contributed by atoms with Crippen LogP contribution in [0.15, 0.2) is 60.7 Å². The summed E-state index contributed by atoms with van der Waals surface area (Å²) in [7, 11) is -5.09. The first-order valence-electron chi connectivity index (χ1n) is 10.5. The van der Waals surface area contributed by atoms with Gasteiger partial charge in [-0.25, -0.2) is 9.36 Å². The van der Waals surface area contributed by atoms with Crippen molar-refractivity contribution in [3.63, 3.8) is 0 Å². The lowest BCUT2D eigenvalue weighted by atomic mass is 10.2. The van der Waals surface area contributed by atoms with E-state index in [1.165, 1.54) is 7.11 Å². The van der Waals surface area contributed by atoms with E-state index in [2.05, 4.69) is 39.2 Å². The van der Waals surface area contributed by atoms with Crippen LogP contribution in [0.2, 0.25) is 18.1 Å². The maximum Gasteiger partial charge on any atom is 0.455 e. The molecule has 1 amide bonds. The fourth-order valence-corrected chi connectivity index (χ4v) is 6.20. The van der Waals surface area contributed by atoms with Crippen LogP contribution in [0.4, 0.5) is 4.79 Å². The Bertz CT molecular complexity index is 872. The molecular weight excluding hydrogens is 445 g/mol. The number of hydrogen-bond acceptors (Lipinski definition) is 6. The minimum atomic E-state index is -4.05. The van der Waals surface area contributed by atoms with E-state index in [1.807, 2.05) is 12.1 Å². The number of methoxy groups -OCH3 is 1. The van der Waals surface area contributed by atoms with Crippen molar-refractivity contribution in [2.24, 2.45) is 0 Å². The van der Waals surface area contributed by atoms with Crippen molar-refractivity contribution in [2.45, 2.75) is 57.7 Å². The van der Waals surface area contributed by atoms with Gasteiger partial charge in [-0.1, -0.05) is 57.2 Å². The zero-order chi connectivity index (χ0) is 24.0. The molecule has 7 nitrogen and oxygen atoms in total. The summed E-state index contributed by atoms with van der Waals surface area (Å²) in [5.41, 5.74) is 0. The molecule has 32 heavy (non-hydrogen) atoms. The van der Waals surface area contributed by atoms with Gasteiger partial charge in [0.1, 0.15) is 11.5 Å². The molecule has 2 rings (SSSR count). The van der Waals surface area contributed by atoms with E-state index in [0.29, 0.717) is 11.5 Å². The van der Waals surface area contributed by atoms with Crippen molar-refractivity contribution in [3.8, 4) is 11.5 Å². The Balaban J connectivity index is 2.49. The van der Waals surface area contributed by atoms with Crippen molar-refractivity contribution in [2.75, 3.05) is 7.11 Å². The van der Waals surface area contributed by atoms with Crippen LogP contribution in [0.3, 0.4) is 0 Å². The molecule has 2 unspecified atom stereocenters. The number of amides is 1. The monoisotopic (exact) mass is 479 g/mol. The molecular formula is C23H34NO6PSi. The fraction of sp³-hybridized carbons (Fsp3) is 0.435. The second kappa shape index (κ2) is 10.6. The molecule has 9 heteroatoms.